The van der Waals surface area contributed by atoms with Gasteiger partial charge in [-0.2, -0.15) is 0 Å². The molecule has 0 spiro atoms. The molecule has 2 nitrogen and oxygen atoms in total. The molecule has 6 heteroatoms. The molecular formula is C15H11BrCl2O2S. The van der Waals surface area contributed by atoms with Crippen LogP contribution in [0.3, 0.4) is 0 Å². The topological polar surface area (TPSA) is 26.3 Å². The summed E-state index contributed by atoms with van der Waals surface area (Å²) in [5.74, 6) is 0.329. The number of carbonyl (C=O) groups is 1. The molecule has 0 bridgehead atoms. The van der Waals surface area contributed by atoms with Crippen LogP contribution in [-0.4, -0.2) is 13.1 Å². The quantitative estimate of drug-likeness (QED) is 0.472. The average molecular weight is 406 g/mol. The first-order valence-electron chi connectivity index (χ1n) is 5.96. The maximum absolute atomic E-state index is 11.5. The highest BCUT2D eigenvalue weighted by atomic mass is 79.9. The number of benzene rings is 2. The molecule has 0 heterocycles. The van der Waals surface area contributed by atoms with E-state index in [-0.39, 0.29) is 5.97 Å². The van der Waals surface area contributed by atoms with Gasteiger partial charge in [-0.15, -0.1) is 11.8 Å². The number of halogens is 3. The van der Waals surface area contributed by atoms with Crippen LogP contribution in [0.4, 0.5) is 0 Å². The monoisotopic (exact) mass is 404 g/mol. The molecule has 0 unspecified atom stereocenters. The Kier molecular flexibility index (Phi) is 5.99. The normalized spacial score (nSPS) is 10.5. The summed E-state index contributed by atoms with van der Waals surface area (Å²) in [5, 5.41) is 1.27. The Morgan fingerprint density at radius 2 is 1.90 bits per heavy atom. The van der Waals surface area contributed by atoms with Crippen molar-refractivity contribution in [1.29, 1.82) is 0 Å². The molecule has 0 radical (unpaired) electrons. The molecule has 0 aromatic heterocycles. The second kappa shape index (κ2) is 7.54. The summed E-state index contributed by atoms with van der Waals surface area (Å²) < 4.78 is 5.54. The molecule has 2 aromatic carbocycles. The van der Waals surface area contributed by atoms with Crippen LogP contribution < -0.4 is 0 Å². The summed E-state index contributed by atoms with van der Waals surface area (Å²) in [5.41, 5.74) is 1.55. The number of rotatable bonds is 4. The first-order chi connectivity index (χ1) is 10.0. The molecule has 0 saturated heterocycles. The van der Waals surface area contributed by atoms with E-state index in [0.29, 0.717) is 21.4 Å². The predicted octanol–water partition coefficient (Wildman–Crippen LogP) is 5.83. The lowest BCUT2D eigenvalue weighted by Crippen LogP contribution is -2.01. The Morgan fingerprint density at radius 1 is 1.24 bits per heavy atom. The van der Waals surface area contributed by atoms with Crippen LogP contribution in [0.25, 0.3) is 0 Å². The smallest absolute Gasteiger partial charge is 0.337 e. The fourth-order valence-electron chi connectivity index (χ4n) is 1.68. The van der Waals surface area contributed by atoms with Crippen LogP contribution in [0, 0.1) is 0 Å². The largest absolute Gasteiger partial charge is 0.465 e. The van der Waals surface area contributed by atoms with E-state index in [4.69, 9.17) is 27.9 Å². The second-order valence-corrected chi connectivity index (χ2v) is 6.79. The molecule has 0 atom stereocenters. The van der Waals surface area contributed by atoms with E-state index in [1.165, 1.54) is 7.11 Å². The molecule has 21 heavy (non-hydrogen) atoms. The minimum absolute atomic E-state index is 0.357. The van der Waals surface area contributed by atoms with E-state index >= 15 is 0 Å². The van der Waals surface area contributed by atoms with Crippen LogP contribution in [0.1, 0.15) is 15.9 Å². The van der Waals surface area contributed by atoms with Gasteiger partial charge in [0.1, 0.15) is 0 Å². The average Bonchev–Trinajstić information content (AvgIpc) is 2.47. The van der Waals surface area contributed by atoms with Crippen molar-refractivity contribution >= 4 is 56.9 Å². The fourth-order valence-corrected chi connectivity index (χ4v) is 4.07. The summed E-state index contributed by atoms with van der Waals surface area (Å²) in [6, 6.07) is 10.8. The molecule has 0 aliphatic carbocycles. The number of hydrogen-bond donors (Lipinski definition) is 0. The fraction of sp³-hybridized carbons (Fsp3) is 0.133. The van der Waals surface area contributed by atoms with Gasteiger partial charge in [-0.3, -0.25) is 0 Å². The van der Waals surface area contributed by atoms with Crippen molar-refractivity contribution in [2.24, 2.45) is 0 Å². The summed E-state index contributed by atoms with van der Waals surface area (Å²) in [6.45, 7) is 0. The molecule has 0 fully saturated rings. The van der Waals surface area contributed by atoms with Gasteiger partial charge in [0.15, 0.2) is 0 Å². The van der Waals surface area contributed by atoms with Crippen molar-refractivity contribution in [3.8, 4) is 0 Å². The molecule has 0 N–H and O–H groups in total. The Hall–Kier alpha value is -0.680. The zero-order valence-corrected chi connectivity index (χ0v) is 14.9. The Bertz CT molecular complexity index is 656. The van der Waals surface area contributed by atoms with E-state index in [1.54, 1.807) is 23.9 Å². The third-order valence-electron chi connectivity index (χ3n) is 2.77. The van der Waals surface area contributed by atoms with Gasteiger partial charge < -0.3 is 4.74 Å². The molecule has 0 aliphatic rings. The standard InChI is InChI=1S/C15H11BrCl2O2S/c1-20-15(19)9-5-6-10(11(16)7-9)8-21-14-12(17)3-2-4-13(14)18/h2-7H,8H2,1H3. The van der Waals surface area contributed by atoms with Crippen LogP contribution in [0.15, 0.2) is 45.8 Å². The maximum Gasteiger partial charge on any atom is 0.337 e. The molecule has 2 rings (SSSR count). The third kappa shape index (κ3) is 4.16. The highest BCUT2D eigenvalue weighted by Gasteiger charge is 2.11. The van der Waals surface area contributed by atoms with Crippen molar-refractivity contribution in [3.05, 3.63) is 62.0 Å². The van der Waals surface area contributed by atoms with Crippen molar-refractivity contribution in [3.63, 3.8) is 0 Å². The van der Waals surface area contributed by atoms with Gasteiger partial charge in [0.2, 0.25) is 0 Å². The second-order valence-electron chi connectivity index (χ2n) is 4.14. The zero-order valence-electron chi connectivity index (χ0n) is 11.0. The number of esters is 1. The van der Waals surface area contributed by atoms with Gasteiger partial charge in [0.25, 0.3) is 0 Å². The Labute approximate surface area is 145 Å². The minimum atomic E-state index is -0.357. The maximum atomic E-state index is 11.5. The Morgan fingerprint density at radius 3 is 2.48 bits per heavy atom. The van der Waals surface area contributed by atoms with Gasteiger partial charge in [0.05, 0.1) is 22.7 Å². The molecule has 0 aliphatic heterocycles. The summed E-state index contributed by atoms with van der Waals surface area (Å²) >= 11 is 17.3. The highest BCUT2D eigenvalue weighted by molar-refractivity contribution is 9.10. The number of methoxy groups -OCH3 is 1. The summed E-state index contributed by atoms with van der Waals surface area (Å²) in [4.78, 5) is 12.3. The van der Waals surface area contributed by atoms with Crippen LogP contribution in [-0.2, 0) is 10.5 Å². The lowest BCUT2D eigenvalue weighted by Gasteiger charge is -2.09. The lowest BCUT2D eigenvalue weighted by atomic mass is 10.1. The first-order valence-corrected chi connectivity index (χ1v) is 8.50. The van der Waals surface area contributed by atoms with Gasteiger partial charge in [-0.25, -0.2) is 4.79 Å². The van der Waals surface area contributed by atoms with Gasteiger partial charge >= 0.3 is 5.97 Å². The number of ether oxygens (including phenoxy) is 1. The molecule has 2 aromatic rings. The van der Waals surface area contributed by atoms with Crippen LogP contribution in [0.5, 0.6) is 0 Å². The summed E-state index contributed by atoms with van der Waals surface area (Å²) in [7, 11) is 1.36. The van der Waals surface area contributed by atoms with E-state index < -0.39 is 0 Å². The van der Waals surface area contributed by atoms with Crippen molar-refractivity contribution < 1.29 is 9.53 Å². The van der Waals surface area contributed by atoms with Gasteiger partial charge in [0, 0.05) is 15.1 Å². The third-order valence-corrected chi connectivity index (χ3v) is 5.54. The van der Waals surface area contributed by atoms with E-state index in [2.05, 4.69) is 15.9 Å². The SMILES string of the molecule is COC(=O)c1ccc(CSc2c(Cl)cccc2Cl)c(Br)c1. The molecule has 0 saturated carbocycles. The first kappa shape index (κ1) is 16.7. The van der Waals surface area contributed by atoms with Crippen molar-refractivity contribution in [2.45, 2.75) is 10.6 Å². The van der Waals surface area contributed by atoms with E-state index in [0.717, 1.165) is 14.9 Å². The molecule has 0 amide bonds. The lowest BCUT2D eigenvalue weighted by molar-refractivity contribution is 0.0600. The Balaban J connectivity index is 2.16. The summed E-state index contributed by atoms with van der Waals surface area (Å²) in [6.07, 6.45) is 0. The highest BCUT2D eigenvalue weighted by Crippen LogP contribution is 2.36. The van der Waals surface area contributed by atoms with Crippen molar-refractivity contribution in [1.82, 2.24) is 0 Å². The number of thioether (sulfide) groups is 1. The predicted molar refractivity (Wildman–Crippen MR) is 91.5 cm³/mol. The number of hydrogen-bond acceptors (Lipinski definition) is 3. The van der Waals surface area contributed by atoms with Gasteiger partial charge in [-0.1, -0.05) is 51.3 Å². The minimum Gasteiger partial charge on any atom is -0.465 e. The van der Waals surface area contributed by atoms with Gasteiger partial charge in [-0.05, 0) is 29.8 Å². The van der Waals surface area contributed by atoms with Crippen molar-refractivity contribution in [2.75, 3.05) is 7.11 Å². The van der Waals surface area contributed by atoms with Crippen LogP contribution >= 0.6 is 50.9 Å². The van der Waals surface area contributed by atoms with E-state index in [1.807, 2.05) is 24.3 Å². The van der Waals surface area contributed by atoms with Crippen LogP contribution in [0.2, 0.25) is 10.0 Å². The molecule has 110 valence electrons. The molecular weight excluding hydrogens is 395 g/mol. The van der Waals surface area contributed by atoms with E-state index in [9.17, 15) is 4.79 Å². The number of carbonyl (C=O) groups excluding carboxylic acids is 1. The zero-order chi connectivity index (χ0) is 15.4.